The third-order valence-electron chi connectivity index (χ3n) is 7.10. The molecule has 0 radical (unpaired) electrons. The first kappa shape index (κ1) is 23.2. The molecule has 2 aliphatic rings. The lowest BCUT2D eigenvalue weighted by Gasteiger charge is -2.37. The first-order valence-corrected chi connectivity index (χ1v) is 12.7. The minimum absolute atomic E-state index is 0.261. The highest BCUT2D eigenvalue weighted by atomic mass is 16.5. The second-order valence-corrected chi connectivity index (χ2v) is 9.41. The minimum atomic E-state index is -0.274. The Morgan fingerprint density at radius 2 is 1.73 bits per heavy atom. The van der Waals surface area contributed by atoms with Crippen LogP contribution < -0.4 is 25.2 Å². The lowest BCUT2D eigenvalue weighted by Crippen LogP contribution is -2.34. The molecule has 0 fully saturated rings. The molecular weight excluding hydrogens is 466 g/mol. The van der Waals surface area contributed by atoms with E-state index in [0.717, 1.165) is 49.7 Å². The smallest absolute Gasteiger partial charge is 0.261 e. The van der Waals surface area contributed by atoms with Crippen molar-refractivity contribution in [2.24, 2.45) is 4.99 Å². The van der Waals surface area contributed by atoms with Gasteiger partial charge in [-0.1, -0.05) is 18.2 Å². The second-order valence-electron chi connectivity index (χ2n) is 9.41. The molecule has 1 aromatic heterocycles. The lowest BCUT2D eigenvalue weighted by molar-refractivity contribution is 0.102. The van der Waals surface area contributed by atoms with E-state index in [2.05, 4.69) is 16.3 Å². The van der Waals surface area contributed by atoms with Crippen LogP contribution in [0.5, 0.6) is 11.5 Å². The average Bonchev–Trinajstić information content (AvgIpc) is 2.93. The van der Waals surface area contributed by atoms with Gasteiger partial charge < -0.3 is 24.1 Å². The first-order valence-electron chi connectivity index (χ1n) is 12.7. The maximum Gasteiger partial charge on any atom is 0.261 e. The minimum Gasteiger partial charge on any atom is -0.493 e. The van der Waals surface area contributed by atoms with Crippen LogP contribution in [0.25, 0.3) is 11.0 Å². The number of hydrogen-bond acceptors (Lipinski definition) is 6. The molecule has 1 N–H and O–H groups in total. The summed E-state index contributed by atoms with van der Waals surface area (Å²) in [6, 6.07) is 18.9. The Morgan fingerprint density at radius 1 is 0.946 bits per heavy atom. The summed E-state index contributed by atoms with van der Waals surface area (Å²) in [6.45, 7) is 2.15. The molecule has 7 nitrogen and oxygen atoms in total. The van der Waals surface area contributed by atoms with Crippen LogP contribution in [-0.2, 0) is 12.8 Å². The Labute approximate surface area is 215 Å². The number of para-hydroxylation sites is 1. The summed E-state index contributed by atoms with van der Waals surface area (Å²) in [6.07, 6.45) is 4.21. The highest BCUT2D eigenvalue weighted by molar-refractivity contribution is 6.06. The van der Waals surface area contributed by atoms with Gasteiger partial charge in [-0.15, -0.1) is 0 Å². The van der Waals surface area contributed by atoms with Crippen molar-refractivity contribution in [3.63, 3.8) is 0 Å². The molecule has 6 rings (SSSR count). The van der Waals surface area contributed by atoms with E-state index in [4.69, 9.17) is 18.9 Å². The van der Waals surface area contributed by atoms with Crippen LogP contribution in [0.2, 0.25) is 0 Å². The molecule has 0 bridgehead atoms. The molecule has 0 saturated carbocycles. The van der Waals surface area contributed by atoms with E-state index in [-0.39, 0.29) is 11.5 Å². The molecule has 7 heteroatoms. The molecule has 2 aliphatic heterocycles. The van der Waals surface area contributed by atoms with Crippen LogP contribution in [0.15, 0.2) is 70.1 Å². The van der Waals surface area contributed by atoms with Gasteiger partial charge in [-0.25, -0.2) is 4.99 Å². The van der Waals surface area contributed by atoms with Gasteiger partial charge in [0.15, 0.2) is 11.5 Å². The highest BCUT2D eigenvalue weighted by Crippen LogP contribution is 2.40. The summed E-state index contributed by atoms with van der Waals surface area (Å²) >= 11 is 0. The third kappa shape index (κ3) is 4.31. The molecule has 0 aliphatic carbocycles. The van der Waals surface area contributed by atoms with Gasteiger partial charge in [-0.3, -0.25) is 4.79 Å². The van der Waals surface area contributed by atoms with Gasteiger partial charge in [0.2, 0.25) is 5.55 Å². The number of ether oxygens (including phenoxy) is 2. The molecule has 1 amide bonds. The largest absolute Gasteiger partial charge is 0.493 e. The molecule has 37 heavy (non-hydrogen) atoms. The fourth-order valence-corrected chi connectivity index (χ4v) is 5.43. The molecular formula is C30H29N3O4. The highest BCUT2D eigenvalue weighted by Gasteiger charge is 2.27. The predicted octanol–water partition coefficient (Wildman–Crippen LogP) is 5.63. The zero-order valence-electron chi connectivity index (χ0n) is 21.0. The fourth-order valence-electron chi connectivity index (χ4n) is 5.43. The number of benzene rings is 3. The number of fused-ring (bicyclic) bond motifs is 2. The van der Waals surface area contributed by atoms with Gasteiger partial charge in [0, 0.05) is 41.5 Å². The lowest BCUT2D eigenvalue weighted by atomic mass is 9.90. The monoisotopic (exact) mass is 495 g/mol. The van der Waals surface area contributed by atoms with Crippen molar-refractivity contribution in [2.75, 3.05) is 37.5 Å². The zero-order valence-corrected chi connectivity index (χ0v) is 21.0. The van der Waals surface area contributed by atoms with Crippen molar-refractivity contribution in [2.45, 2.75) is 25.7 Å². The molecule has 0 unspecified atom stereocenters. The third-order valence-corrected chi connectivity index (χ3v) is 7.10. The summed E-state index contributed by atoms with van der Waals surface area (Å²) in [5.41, 5.74) is 6.62. The van der Waals surface area contributed by atoms with Gasteiger partial charge >= 0.3 is 0 Å². The normalized spacial score (nSPS) is 14.9. The van der Waals surface area contributed by atoms with Gasteiger partial charge in [-0.2, -0.15) is 0 Å². The number of nitrogens with zero attached hydrogens (tertiary/aromatic N) is 2. The molecule has 4 aromatic rings. The number of carbonyl (C=O) groups excluding carboxylic acids is 1. The van der Waals surface area contributed by atoms with Crippen molar-refractivity contribution in [1.82, 2.24) is 0 Å². The van der Waals surface area contributed by atoms with Crippen molar-refractivity contribution in [3.05, 3.63) is 82.9 Å². The van der Waals surface area contributed by atoms with E-state index in [1.165, 1.54) is 16.8 Å². The van der Waals surface area contributed by atoms with Crippen molar-refractivity contribution in [1.29, 1.82) is 0 Å². The van der Waals surface area contributed by atoms with Crippen LogP contribution in [0.1, 0.15) is 34.3 Å². The van der Waals surface area contributed by atoms with E-state index in [1.54, 1.807) is 26.4 Å². The molecule has 3 aromatic carbocycles. The van der Waals surface area contributed by atoms with Crippen molar-refractivity contribution in [3.8, 4) is 11.5 Å². The molecule has 0 atom stereocenters. The maximum absolute atomic E-state index is 13.5. The number of carbonyl (C=O) groups is 1. The summed E-state index contributed by atoms with van der Waals surface area (Å²) in [5, 5.41) is 3.92. The summed E-state index contributed by atoms with van der Waals surface area (Å²) in [4.78, 5) is 20.8. The second kappa shape index (κ2) is 9.65. The van der Waals surface area contributed by atoms with Crippen LogP contribution in [0.3, 0.4) is 0 Å². The van der Waals surface area contributed by atoms with E-state index in [9.17, 15) is 4.79 Å². The van der Waals surface area contributed by atoms with Gasteiger partial charge in [0.1, 0.15) is 11.1 Å². The summed E-state index contributed by atoms with van der Waals surface area (Å²) < 4.78 is 17.4. The SMILES string of the molecule is COc1ccc(N=c2oc3c4c5c(cc3cc2C(=O)Nc2ccccc2)CCCN5CCC4)cc1OC. The van der Waals surface area contributed by atoms with Crippen LogP contribution in [-0.4, -0.2) is 33.2 Å². The Balaban J connectivity index is 1.56. The Kier molecular flexibility index (Phi) is 6.04. The Morgan fingerprint density at radius 3 is 2.51 bits per heavy atom. The van der Waals surface area contributed by atoms with Crippen molar-refractivity contribution >= 4 is 33.9 Å². The number of amides is 1. The number of hydrogen-bond donors (Lipinski definition) is 1. The van der Waals surface area contributed by atoms with Crippen molar-refractivity contribution < 1.29 is 18.7 Å². The van der Waals surface area contributed by atoms with E-state index >= 15 is 0 Å². The molecule has 188 valence electrons. The zero-order chi connectivity index (χ0) is 25.4. The Bertz CT molecular complexity index is 1560. The van der Waals surface area contributed by atoms with Crippen LogP contribution in [0, 0.1) is 0 Å². The quantitative estimate of drug-likeness (QED) is 0.388. The summed E-state index contributed by atoms with van der Waals surface area (Å²) in [7, 11) is 3.18. The number of anilines is 2. The summed E-state index contributed by atoms with van der Waals surface area (Å²) in [5.74, 6) is 0.888. The van der Waals surface area contributed by atoms with Crippen LogP contribution in [0.4, 0.5) is 17.1 Å². The topological polar surface area (TPSA) is 76.3 Å². The number of aryl methyl sites for hydroxylation is 2. The molecule has 3 heterocycles. The number of nitrogens with one attached hydrogen (secondary N) is 1. The number of rotatable bonds is 5. The van der Waals surface area contributed by atoms with E-state index < -0.39 is 0 Å². The first-order chi connectivity index (χ1) is 18.1. The van der Waals surface area contributed by atoms with Gasteiger partial charge in [-0.05, 0) is 67.6 Å². The molecule has 0 spiro atoms. The average molecular weight is 496 g/mol. The molecule has 0 saturated heterocycles. The fraction of sp³-hybridized carbons (Fsp3) is 0.267. The van der Waals surface area contributed by atoms with Gasteiger partial charge in [0.25, 0.3) is 5.91 Å². The van der Waals surface area contributed by atoms with E-state index in [1.807, 2.05) is 42.5 Å². The predicted molar refractivity (Wildman–Crippen MR) is 144 cm³/mol. The van der Waals surface area contributed by atoms with E-state index in [0.29, 0.717) is 28.4 Å². The standard InChI is InChI=1S/C30H29N3O4/c1-35-25-13-12-22(18-26(25)36-2)32-30-24(29(34)31-21-9-4-3-5-10-21)17-20-16-19-8-6-14-33-15-7-11-23(27(19)33)28(20)37-30/h3-5,9-10,12-13,16-18H,6-8,11,14-15H2,1-2H3,(H,31,34). The van der Waals surface area contributed by atoms with Crippen LogP contribution >= 0.6 is 0 Å². The number of methoxy groups -OCH3 is 2. The maximum atomic E-state index is 13.5. The van der Waals surface area contributed by atoms with Gasteiger partial charge in [0.05, 0.1) is 19.9 Å². The Hall–Kier alpha value is -4.26.